The maximum Gasteiger partial charge on any atom is 0.218 e. The highest BCUT2D eigenvalue weighted by atomic mass is 16.5. The number of methoxy groups -OCH3 is 1. The second-order valence-corrected chi connectivity index (χ2v) is 5.18. The number of guanidine groups is 1. The molecule has 5 heteroatoms. The Morgan fingerprint density at radius 3 is 2.70 bits per heavy atom. The molecule has 0 bridgehead atoms. The Hall–Kier alpha value is -2.56. The molecule has 0 aliphatic heterocycles. The molecule has 122 valence electrons. The van der Waals surface area contributed by atoms with Crippen molar-refractivity contribution < 1.29 is 4.74 Å². The number of pyridine rings is 1. The van der Waals surface area contributed by atoms with Gasteiger partial charge < -0.3 is 15.0 Å². The van der Waals surface area contributed by atoms with E-state index in [0.29, 0.717) is 12.4 Å². The Labute approximate surface area is 138 Å². The van der Waals surface area contributed by atoms with Crippen LogP contribution in [0.2, 0.25) is 0 Å². The van der Waals surface area contributed by atoms with Crippen LogP contribution in [0.15, 0.2) is 53.7 Å². The lowest BCUT2D eigenvalue weighted by atomic mass is 10.2. The summed E-state index contributed by atoms with van der Waals surface area (Å²) in [6, 6.07) is 14.2. The zero-order chi connectivity index (χ0) is 16.5. The van der Waals surface area contributed by atoms with Crippen molar-refractivity contribution >= 4 is 5.96 Å². The van der Waals surface area contributed by atoms with Gasteiger partial charge >= 0.3 is 0 Å². The first kappa shape index (κ1) is 16.8. The van der Waals surface area contributed by atoms with Crippen LogP contribution in [0, 0.1) is 0 Å². The third-order valence-corrected chi connectivity index (χ3v) is 3.40. The van der Waals surface area contributed by atoms with Gasteiger partial charge in [-0.1, -0.05) is 36.4 Å². The topological polar surface area (TPSA) is 49.8 Å². The summed E-state index contributed by atoms with van der Waals surface area (Å²) >= 11 is 0. The third kappa shape index (κ3) is 4.98. The minimum atomic E-state index is 0.526. The van der Waals surface area contributed by atoms with E-state index in [1.165, 1.54) is 5.56 Å². The molecule has 0 spiro atoms. The summed E-state index contributed by atoms with van der Waals surface area (Å²) in [5.41, 5.74) is 2.22. The summed E-state index contributed by atoms with van der Waals surface area (Å²) in [6.45, 7) is 4.22. The predicted octanol–water partition coefficient (Wildman–Crippen LogP) is 2.69. The van der Waals surface area contributed by atoms with E-state index in [0.717, 1.165) is 24.6 Å². The van der Waals surface area contributed by atoms with E-state index in [4.69, 9.17) is 9.73 Å². The second kappa shape index (κ2) is 8.78. The average Bonchev–Trinajstić information content (AvgIpc) is 2.59. The fourth-order valence-corrected chi connectivity index (χ4v) is 2.29. The third-order valence-electron chi connectivity index (χ3n) is 3.40. The lowest BCUT2D eigenvalue weighted by Gasteiger charge is -2.22. The van der Waals surface area contributed by atoms with Crippen molar-refractivity contribution in [3.05, 3.63) is 59.8 Å². The van der Waals surface area contributed by atoms with E-state index in [9.17, 15) is 0 Å². The van der Waals surface area contributed by atoms with Gasteiger partial charge in [-0.3, -0.25) is 0 Å². The lowest BCUT2D eigenvalue weighted by molar-refractivity contribution is 0.392. The van der Waals surface area contributed by atoms with E-state index < -0.39 is 0 Å². The first-order valence-electron chi connectivity index (χ1n) is 7.75. The van der Waals surface area contributed by atoms with Gasteiger partial charge in [0.25, 0.3) is 0 Å². The number of ether oxygens (including phenoxy) is 1. The Kier molecular flexibility index (Phi) is 6.41. The average molecular weight is 312 g/mol. The zero-order valence-electron chi connectivity index (χ0n) is 14.0. The standard InChI is InChI=1S/C18H24N4O/c1-4-19-18(22(2)14-15-9-6-5-7-10-15)21-13-16-11-8-12-20-17(16)23-3/h5-12H,4,13-14H2,1-3H3,(H,19,21). The van der Waals surface area contributed by atoms with Crippen molar-refractivity contribution in [2.24, 2.45) is 4.99 Å². The Morgan fingerprint density at radius 1 is 1.22 bits per heavy atom. The highest BCUT2D eigenvalue weighted by molar-refractivity contribution is 5.79. The summed E-state index contributed by atoms with van der Waals surface area (Å²) in [5, 5.41) is 3.33. The van der Waals surface area contributed by atoms with Crippen molar-refractivity contribution in [1.29, 1.82) is 0 Å². The minimum absolute atomic E-state index is 0.526. The molecule has 0 fully saturated rings. The van der Waals surface area contributed by atoms with Gasteiger partial charge in [-0.05, 0) is 18.6 Å². The Bertz CT molecular complexity index is 628. The van der Waals surface area contributed by atoms with Gasteiger partial charge in [0.1, 0.15) is 0 Å². The highest BCUT2D eigenvalue weighted by Crippen LogP contribution is 2.14. The quantitative estimate of drug-likeness (QED) is 0.658. The fraction of sp³-hybridized carbons (Fsp3) is 0.333. The Balaban J connectivity index is 2.10. The molecule has 1 aromatic carbocycles. The van der Waals surface area contributed by atoms with Crippen molar-refractivity contribution in [2.75, 3.05) is 20.7 Å². The molecule has 0 saturated carbocycles. The first-order chi connectivity index (χ1) is 11.2. The number of aliphatic imine (C=N–C) groups is 1. The van der Waals surface area contributed by atoms with Crippen molar-refractivity contribution in [1.82, 2.24) is 15.2 Å². The van der Waals surface area contributed by atoms with Crippen LogP contribution >= 0.6 is 0 Å². The smallest absolute Gasteiger partial charge is 0.218 e. The van der Waals surface area contributed by atoms with Gasteiger partial charge in [0.2, 0.25) is 5.88 Å². The van der Waals surface area contributed by atoms with Crippen LogP contribution in [0.3, 0.4) is 0 Å². The maximum atomic E-state index is 5.28. The van der Waals surface area contributed by atoms with Gasteiger partial charge in [-0.2, -0.15) is 0 Å². The van der Waals surface area contributed by atoms with Gasteiger partial charge in [-0.25, -0.2) is 9.98 Å². The van der Waals surface area contributed by atoms with Crippen LogP contribution in [-0.2, 0) is 13.1 Å². The summed E-state index contributed by atoms with van der Waals surface area (Å²) in [6.07, 6.45) is 1.72. The first-order valence-corrected chi connectivity index (χ1v) is 7.75. The molecule has 0 unspecified atom stereocenters. The molecule has 1 heterocycles. The molecule has 1 N–H and O–H groups in total. The molecule has 5 nitrogen and oxygen atoms in total. The van der Waals surface area contributed by atoms with Crippen LogP contribution in [-0.4, -0.2) is 36.5 Å². The molecule has 23 heavy (non-hydrogen) atoms. The number of aromatic nitrogens is 1. The zero-order valence-corrected chi connectivity index (χ0v) is 14.0. The Morgan fingerprint density at radius 2 is 2.00 bits per heavy atom. The molecule has 0 amide bonds. The molecule has 0 radical (unpaired) electrons. The molecular formula is C18H24N4O. The largest absolute Gasteiger partial charge is 0.481 e. The lowest BCUT2D eigenvalue weighted by Crippen LogP contribution is -2.38. The number of hydrogen-bond acceptors (Lipinski definition) is 3. The van der Waals surface area contributed by atoms with Gasteiger partial charge in [0.05, 0.1) is 13.7 Å². The van der Waals surface area contributed by atoms with Crippen LogP contribution < -0.4 is 10.1 Å². The molecule has 0 saturated heterocycles. The van der Waals surface area contributed by atoms with Crippen LogP contribution in [0.5, 0.6) is 5.88 Å². The summed E-state index contributed by atoms with van der Waals surface area (Å²) in [7, 11) is 3.66. The van der Waals surface area contributed by atoms with Crippen LogP contribution in [0.4, 0.5) is 0 Å². The summed E-state index contributed by atoms with van der Waals surface area (Å²) < 4.78 is 5.28. The number of nitrogens with one attached hydrogen (secondary N) is 1. The molecule has 2 aromatic rings. The van der Waals surface area contributed by atoms with Crippen molar-refractivity contribution in [3.63, 3.8) is 0 Å². The molecular weight excluding hydrogens is 288 g/mol. The molecule has 2 rings (SSSR count). The van der Waals surface area contributed by atoms with E-state index in [1.807, 2.05) is 37.4 Å². The molecule has 0 aliphatic rings. The summed E-state index contributed by atoms with van der Waals surface area (Å²) in [4.78, 5) is 11.0. The number of benzene rings is 1. The highest BCUT2D eigenvalue weighted by Gasteiger charge is 2.08. The van der Waals surface area contributed by atoms with Crippen LogP contribution in [0.25, 0.3) is 0 Å². The summed E-state index contributed by atoms with van der Waals surface area (Å²) in [5.74, 6) is 1.49. The maximum absolute atomic E-state index is 5.28. The molecule has 1 aromatic heterocycles. The number of hydrogen-bond donors (Lipinski definition) is 1. The number of rotatable bonds is 6. The van der Waals surface area contributed by atoms with E-state index in [2.05, 4.69) is 34.3 Å². The van der Waals surface area contributed by atoms with Crippen LogP contribution in [0.1, 0.15) is 18.1 Å². The normalized spacial score (nSPS) is 11.2. The monoisotopic (exact) mass is 312 g/mol. The SMILES string of the molecule is CCNC(=NCc1cccnc1OC)N(C)Cc1ccccc1. The van der Waals surface area contributed by atoms with E-state index >= 15 is 0 Å². The van der Waals surface area contributed by atoms with Crippen molar-refractivity contribution in [2.45, 2.75) is 20.0 Å². The van der Waals surface area contributed by atoms with Crippen molar-refractivity contribution in [3.8, 4) is 5.88 Å². The van der Waals surface area contributed by atoms with Gasteiger partial charge in [0.15, 0.2) is 5.96 Å². The molecule has 0 atom stereocenters. The van der Waals surface area contributed by atoms with E-state index in [-0.39, 0.29) is 0 Å². The van der Waals surface area contributed by atoms with E-state index in [1.54, 1.807) is 13.3 Å². The second-order valence-electron chi connectivity index (χ2n) is 5.18. The fourth-order valence-electron chi connectivity index (χ4n) is 2.29. The minimum Gasteiger partial charge on any atom is -0.481 e. The van der Waals surface area contributed by atoms with Gasteiger partial charge in [0, 0.05) is 31.9 Å². The molecule has 0 aliphatic carbocycles. The predicted molar refractivity (Wildman–Crippen MR) is 93.5 cm³/mol. The number of nitrogens with zero attached hydrogens (tertiary/aromatic N) is 3. The van der Waals surface area contributed by atoms with Gasteiger partial charge in [-0.15, -0.1) is 0 Å².